The van der Waals surface area contributed by atoms with Gasteiger partial charge in [0.2, 0.25) is 0 Å². The summed E-state index contributed by atoms with van der Waals surface area (Å²) in [5, 5.41) is 9.05. The number of carbonyl (C=O) groups excluding carboxylic acids is 1. The number of aromatic amines is 1. The van der Waals surface area contributed by atoms with Crippen molar-refractivity contribution in [2.45, 2.75) is 19.8 Å². The van der Waals surface area contributed by atoms with Gasteiger partial charge in [-0.05, 0) is 37.8 Å². The second kappa shape index (κ2) is 5.35. The molecule has 0 radical (unpaired) electrons. The van der Waals surface area contributed by atoms with Crippen LogP contribution in [0.3, 0.4) is 0 Å². The SMILES string of the molecule is Cc1ccc(C(=O)N2CCC(CO)CC2)c(=O)[nH]1. The van der Waals surface area contributed by atoms with Crippen LogP contribution in [0.5, 0.6) is 0 Å². The fourth-order valence-corrected chi connectivity index (χ4v) is 2.23. The lowest BCUT2D eigenvalue weighted by Gasteiger charge is -2.30. The van der Waals surface area contributed by atoms with Gasteiger partial charge in [0.1, 0.15) is 5.56 Å². The van der Waals surface area contributed by atoms with Crippen molar-refractivity contribution in [1.29, 1.82) is 0 Å². The number of carbonyl (C=O) groups is 1. The molecule has 0 atom stereocenters. The number of aryl methyl sites for hydroxylation is 1. The molecule has 2 rings (SSSR count). The molecule has 5 nitrogen and oxygen atoms in total. The zero-order valence-electron chi connectivity index (χ0n) is 10.5. The Morgan fingerprint density at radius 2 is 2.11 bits per heavy atom. The molecule has 18 heavy (non-hydrogen) atoms. The van der Waals surface area contributed by atoms with Crippen molar-refractivity contribution in [2.75, 3.05) is 19.7 Å². The van der Waals surface area contributed by atoms with Crippen molar-refractivity contribution in [1.82, 2.24) is 9.88 Å². The predicted molar refractivity (Wildman–Crippen MR) is 67.5 cm³/mol. The molecule has 2 N–H and O–H groups in total. The maximum atomic E-state index is 12.2. The van der Waals surface area contributed by atoms with E-state index in [2.05, 4.69) is 4.98 Å². The molecule has 0 aromatic carbocycles. The van der Waals surface area contributed by atoms with Gasteiger partial charge in [-0.15, -0.1) is 0 Å². The largest absolute Gasteiger partial charge is 0.396 e. The van der Waals surface area contributed by atoms with E-state index < -0.39 is 0 Å². The summed E-state index contributed by atoms with van der Waals surface area (Å²) in [6.45, 7) is 3.17. The molecule has 0 spiro atoms. The number of rotatable bonds is 2. The number of piperidine rings is 1. The van der Waals surface area contributed by atoms with Gasteiger partial charge in [0.25, 0.3) is 11.5 Å². The van der Waals surface area contributed by atoms with Crippen LogP contribution < -0.4 is 5.56 Å². The Morgan fingerprint density at radius 3 is 2.67 bits per heavy atom. The predicted octanol–water partition coefficient (Wildman–Crippen LogP) is 0.528. The quantitative estimate of drug-likeness (QED) is 0.804. The Hall–Kier alpha value is -1.62. The molecule has 1 saturated heterocycles. The van der Waals surface area contributed by atoms with E-state index in [4.69, 9.17) is 5.11 Å². The average molecular weight is 250 g/mol. The van der Waals surface area contributed by atoms with Gasteiger partial charge < -0.3 is 15.0 Å². The van der Waals surface area contributed by atoms with E-state index in [0.29, 0.717) is 13.1 Å². The van der Waals surface area contributed by atoms with Crippen LogP contribution in [-0.2, 0) is 0 Å². The molecule has 1 aliphatic heterocycles. The molecular formula is C13H18N2O3. The fraction of sp³-hybridized carbons (Fsp3) is 0.538. The van der Waals surface area contributed by atoms with Crippen LogP contribution in [0, 0.1) is 12.8 Å². The average Bonchev–Trinajstić information content (AvgIpc) is 2.38. The molecule has 5 heteroatoms. The Labute approximate surface area is 105 Å². The topological polar surface area (TPSA) is 73.4 Å². The van der Waals surface area contributed by atoms with Crippen LogP contribution in [0.15, 0.2) is 16.9 Å². The van der Waals surface area contributed by atoms with Gasteiger partial charge >= 0.3 is 0 Å². The lowest BCUT2D eigenvalue weighted by Crippen LogP contribution is -2.41. The summed E-state index contributed by atoms with van der Waals surface area (Å²) in [5.41, 5.74) is 0.614. The highest BCUT2D eigenvalue weighted by atomic mass is 16.3. The minimum absolute atomic E-state index is 0.174. The van der Waals surface area contributed by atoms with Crippen molar-refractivity contribution in [2.24, 2.45) is 5.92 Å². The molecule has 1 fully saturated rings. The first-order valence-corrected chi connectivity index (χ1v) is 6.22. The van der Waals surface area contributed by atoms with Gasteiger partial charge in [0, 0.05) is 25.4 Å². The molecule has 2 heterocycles. The summed E-state index contributed by atoms with van der Waals surface area (Å²) in [7, 11) is 0. The van der Waals surface area contributed by atoms with Crippen molar-refractivity contribution < 1.29 is 9.90 Å². The molecule has 0 unspecified atom stereocenters. The van der Waals surface area contributed by atoms with Crippen molar-refractivity contribution in [3.05, 3.63) is 33.7 Å². The molecule has 1 amide bonds. The normalized spacial score (nSPS) is 16.9. The van der Waals surface area contributed by atoms with Gasteiger partial charge in [-0.25, -0.2) is 0 Å². The number of amides is 1. The third kappa shape index (κ3) is 2.61. The summed E-state index contributed by atoms with van der Waals surface area (Å²) in [4.78, 5) is 28.2. The van der Waals surface area contributed by atoms with Gasteiger partial charge in [0.05, 0.1) is 0 Å². The standard InChI is InChI=1S/C13H18N2O3/c1-9-2-3-11(12(17)14-9)13(18)15-6-4-10(8-16)5-7-15/h2-3,10,16H,4-8H2,1H3,(H,14,17). The van der Waals surface area contributed by atoms with Gasteiger partial charge in [0.15, 0.2) is 0 Å². The van der Waals surface area contributed by atoms with Crippen molar-refractivity contribution in [3.63, 3.8) is 0 Å². The number of pyridine rings is 1. The van der Waals surface area contributed by atoms with Crippen molar-refractivity contribution >= 4 is 5.91 Å². The smallest absolute Gasteiger partial charge is 0.260 e. The zero-order chi connectivity index (χ0) is 13.1. The summed E-state index contributed by atoms with van der Waals surface area (Å²) >= 11 is 0. The number of hydrogen-bond acceptors (Lipinski definition) is 3. The number of aromatic nitrogens is 1. The molecule has 1 aromatic heterocycles. The fourth-order valence-electron chi connectivity index (χ4n) is 2.23. The molecular weight excluding hydrogens is 232 g/mol. The minimum atomic E-state index is -0.329. The summed E-state index contributed by atoms with van der Waals surface area (Å²) in [6, 6.07) is 3.31. The summed E-state index contributed by atoms with van der Waals surface area (Å²) < 4.78 is 0. The first-order chi connectivity index (χ1) is 8.61. The first-order valence-electron chi connectivity index (χ1n) is 6.22. The molecule has 1 aromatic rings. The zero-order valence-corrected chi connectivity index (χ0v) is 10.5. The Balaban J connectivity index is 2.10. The van der Waals surface area contributed by atoms with E-state index in [1.807, 2.05) is 0 Å². The second-order valence-electron chi connectivity index (χ2n) is 4.80. The lowest BCUT2D eigenvalue weighted by atomic mass is 9.97. The van der Waals surface area contributed by atoms with E-state index in [9.17, 15) is 9.59 Å². The van der Waals surface area contributed by atoms with Gasteiger partial charge in [-0.1, -0.05) is 0 Å². The number of nitrogens with zero attached hydrogens (tertiary/aromatic N) is 1. The van der Waals surface area contributed by atoms with Crippen LogP contribution in [0.25, 0.3) is 0 Å². The number of nitrogens with one attached hydrogen (secondary N) is 1. The summed E-state index contributed by atoms with van der Waals surface area (Å²) in [5.74, 6) is 0.0676. The second-order valence-corrected chi connectivity index (χ2v) is 4.80. The van der Waals surface area contributed by atoms with Crippen molar-refractivity contribution in [3.8, 4) is 0 Å². The maximum absolute atomic E-state index is 12.2. The number of aliphatic hydroxyl groups is 1. The molecule has 98 valence electrons. The Kier molecular flexibility index (Phi) is 3.81. The highest BCUT2D eigenvalue weighted by molar-refractivity contribution is 5.93. The number of H-pyrrole nitrogens is 1. The molecule has 0 saturated carbocycles. The minimum Gasteiger partial charge on any atom is -0.396 e. The number of aliphatic hydroxyl groups excluding tert-OH is 1. The van der Waals surface area contributed by atoms with Crippen LogP contribution in [0.4, 0.5) is 0 Å². The van der Waals surface area contributed by atoms with E-state index in [1.165, 1.54) is 0 Å². The van der Waals surface area contributed by atoms with Crippen LogP contribution >= 0.6 is 0 Å². The number of likely N-dealkylation sites (tertiary alicyclic amines) is 1. The monoisotopic (exact) mass is 250 g/mol. The van der Waals surface area contributed by atoms with Crippen LogP contribution in [0.2, 0.25) is 0 Å². The highest BCUT2D eigenvalue weighted by Crippen LogP contribution is 2.17. The van der Waals surface area contributed by atoms with Gasteiger partial charge in [-0.2, -0.15) is 0 Å². The first kappa shape index (κ1) is 12.8. The van der Waals surface area contributed by atoms with Crippen LogP contribution in [0.1, 0.15) is 28.9 Å². The third-order valence-corrected chi connectivity index (χ3v) is 3.45. The third-order valence-electron chi connectivity index (χ3n) is 3.45. The highest BCUT2D eigenvalue weighted by Gasteiger charge is 2.24. The van der Waals surface area contributed by atoms with E-state index in [-0.39, 0.29) is 29.6 Å². The van der Waals surface area contributed by atoms with E-state index in [1.54, 1.807) is 24.0 Å². The van der Waals surface area contributed by atoms with Gasteiger partial charge in [-0.3, -0.25) is 9.59 Å². The van der Waals surface area contributed by atoms with Crippen LogP contribution in [-0.4, -0.2) is 40.6 Å². The molecule has 0 bridgehead atoms. The lowest BCUT2D eigenvalue weighted by molar-refractivity contribution is 0.0649. The number of hydrogen-bond donors (Lipinski definition) is 2. The van der Waals surface area contributed by atoms with E-state index >= 15 is 0 Å². The maximum Gasteiger partial charge on any atom is 0.260 e. The molecule has 1 aliphatic rings. The Bertz CT molecular complexity index is 487. The van der Waals surface area contributed by atoms with E-state index in [0.717, 1.165) is 18.5 Å². The molecule has 0 aliphatic carbocycles. The Morgan fingerprint density at radius 1 is 1.44 bits per heavy atom. The summed E-state index contributed by atoms with van der Waals surface area (Å²) in [6.07, 6.45) is 1.60.